The van der Waals surface area contributed by atoms with Crippen molar-refractivity contribution in [2.45, 2.75) is 25.0 Å². The van der Waals surface area contributed by atoms with Gasteiger partial charge in [0.1, 0.15) is 5.75 Å². The van der Waals surface area contributed by atoms with Crippen LogP contribution in [0.2, 0.25) is 0 Å². The Labute approximate surface area is 184 Å². The van der Waals surface area contributed by atoms with Crippen LogP contribution in [0.5, 0.6) is 5.75 Å². The number of hydrogen-bond donors (Lipinski definition) is 1. The maximum atomic E-state index is 12.6. The Hall–Kier alpha value is -3.33. The van der Waals surface area contributed by atoms with Crippen molar-refractivity contribution in [3.05, 3.63) is 59.9 Å². The number of aryl methyl sites for hydroxylation is 1. The molecule has 0 saturated heterocycles. The van der Waals surface area contributed by atoms with Crippen molar-refractivity contribution < 1.29 is 14.3 Å². The highest BCUT2D eigenvalue weighted by atomic mass is 32.2. The first kappa shape index (κ1) is 20.9. The number of carbonyl (C=O) groups is 2. The summed E-state index contributed by atoms with van der Waals surface area (Å²) in [6.07, 6.45) is 0. The number of fused-ring (bicyclic) bond motifs is 1. The van der Waals surface area contributed by atoms with E-state index in [1.807, 2.05) is 74.0 Å². The van der Waals surface area contributed by atoms with Crippen LogP contribution >= 0.6 is 11.8 Å². The van der Waals surface area contributed by atoms with E-state index >= 15 is 0 Å². The molecule has 1 aromatic heterocycles. The van der Waals surface area contributed by atoms with Crippen molar-refractivity contribution >= 4 is 35.0 Å². The molecule has 1 aliphatic rings. The van der Waals surface area contributed by atoms with Gasteiger partial charge in [0.2, 0.25) is 5.91 Å². The minimum atomic E-state index is -0.342. The summed E-state index contributed by atoms with van der Waals surface area (Å²) in [5.41, 5.74) is 2.51. The van der Waals surface area contributed by atoms with Crippen molar-refractivity contribution in [3.63, 3.8) is 0 Å². The number of nitrogens with one attached hydrogen (secondary N) is 1. The molecule has 1 atom stereocenters. The summed E-state index contributed by atoms with van der Waals surface area (Å²) < 4.78 is 7.35. The minimum absolute atomic E-state index is 0.0140. The van der Waals surface area contributed by atoms with Crippen LogP contribution in [0.25, 0.3) is 0 Å². The van der Waals surface area contributed by atoms with Crippen LogP contribution in [-0.4, -0.2) is 38.9 Å². The smallest absolute Gasteiger partial charge is 0.265 e. The molecule has 8 nitrogen and oxygen atoms in total. The van der Waals surface area contributed by atoms with Gasteiger partial charge >= 0.3 is 0 Å². The average molecular weight is 438 g/mol. The van der Waals surface area contributed by atoms with E-state index in [1.165, 1.54) is 11.8 Å². The maximum Gasteiger partial charge on any atom is 0.265 e. The summed E-state index contributed by atoms with van der Waals surface area (Å²) in [4.78, 5) is 26.6. The van der Waals surface area contributed by atoms with Gasteiger partial charge in [-0.15, -0.1) is 10.2 Å². The van der Waals surface area contributed by atoms with Gasteiger partial charge in [-0.2, -0.15) is 0 Å². The van der Waals surface area contributed by atoms with E-state index in [-0.39, 0.29) is 30.2 Å². The maximum absolute atomic E-state index is 12.6. The van der Waals surface area contributed by atoms with E-state index in [4.69, 9.17) is 4.74 Å². The molecule has 2 amide bonds. The van der Waals surface area contributed by atoms with Crippen molar-refractivity contribution in [1.29, 1.82) is 0 Å². The molecule has 3 aromatic rings. The van der Waals surface area contributed by atoms with Gasteiger partial charge in [-0.25, -0.2) is 0 Å². The summed E-state index contributed by atoms with van der Waals surface area (Å²) in [6, 6.07) is 14.7. The molecule has 1 N–H and O–H groups in total. The van der Waals surface area contributed by atoms with Gasteiger partial charge in [0.05, 0.1) is 17.5 Å². The Balaban J connectivity index is 1.46. The monoisotopic (exact) mass is 437 g/mol. The first-order valence-corrected chi connectivity index (χ1v) is 10.9. The number of rotatable bonds is 6. The summed E-state index contributed by atoms with van der Waals surface area (Å²) in [5.74, 6) is 1.24. The molecule has 0 spiro atoms. The largest absolute Gasteiger partial charge is 0.482 e. The molecule has 0 radical (unpaired) electrons. The fourth-order valence-corrected chi connectivity index (χ4v) is 4.22. The second-order valence-corrected chi connectivity index (χ2v) is 8.19. The number of benzene rings is 2. The van der Waals surface area contributed by atoms with E-state index in [9.17, 15) is 9.59 Å². The van der Waals surface area contributed by atoms with Gasteiger partial charge in [0, 0.05) is 12.7 Å². The fraction of sp³-hybridized carbons (Fsp3) is 0.273. The number of hydrogen-bond acceptors (Lipinski definition) is 6. The summed E-state index contributed by atoms with van der Waals surface area (Å²) in [6.45, 7) is 3.84. The normalized spacial score (nSPS) is 14.0. The van der Waals surface area contributed by atoms with Crippen LogP contribution in [-0.2, 0) is 16.6 Å². The number of thioether (sulfide) groups is 1. The second kappa shape index (κ2) is 8.81. The molecule has 31 heavy (non-hydrogen) atoms. The molecule has 4 rings (SSSR count). The van der Waals surface area contributed by atoms with Gasteiger partial charge in [-0.05, 0) is 37.6 Å². The zero-order chi connectivity index (χ0) is 22.0. The topological polar surface area (TPSA) is 89.3 Å². The lowest BCUT2D eigenvalue weighted by molar-refractivity contribution is -0.121. The minimum Gasteiger partial charge on any atom is -0.482 e. The van der Waals surface area contributed by atoms with E-state index in [1.54, 1.807) is 4.90 Å². The molecule has 0 saturated carbocycles. The molecule has 0 aliphatic carbocycles. The molecule has 1 aliphatic heterocycles. The lowest BCUT2D eigenvalue weighted by Gasteiger charge is -2.33. The van der Waals surface area contributed by atoms with Crippen molar-refractivity contribution in [2.75, 3.05) is 22.6 Å². The van der Waals surface area contributed by atoms with Gasteiger partial charge in [-0.1, -0.05) is 42.1 Å². The first-order valence-electron chi connectivity index (χ1n) is 9.87. The Kier molecular flexibility index (Phi) is 5.94. The van der Waals surface area contributed by atoms with Crippen LogP contribution in [0, 0.1) is 6.92 Å². The molecule has 160 valence electrons. The number of aromatic nitrogens is 3. The van der Waals surface area contributed by atoms with Gasteiger partial charge in [-0.3, -0.25) is 14.5 Å². The number of nitrogens with zero attached hydrogens (tertiary/aromatic N) is 4. The molecule has 9 heteroatoms. The SMILES string of the molecule is Cc1ccccc1NC(=O)CSc1nnc([C@H](C)N2C(=O)COc3ccccc32)n1C. The van der Waals surface area contributed by atoms with Crippen LogP contribution in [0.3, 0.4) is 0 Å². The average Bonchev–Trinajstić information content (AvgIpc) is 3.14. The Morgan fingerprint density at radius 2 is 1.94 bits per heavy atom. The highest BCUT2D eigenvalue weighted by molar-refractivity contribution is 7.99. The molecule has 2 heterocycles. The third-order valence-electron chi connectivity index (χ3n) is 5.13. The highest BCUT2D eigenvalue weighted by Gasteiger charge is 2.32. The van der Waals surface area contributed by atoms with Crippen molar-refractivity contribution in [3.8, 4) is 5.75 Å². The fourth-order valence-electron chi connectivity index (χ4n) is 3.51. The van der Waals surface area contributed by atoms with Crippen LogP contribution in [0.1, 0.15) is 24.4 Å². The number of anilines is 2. The van der Waals surface area contributed by atoms with E-state index < -0.39 is 0 Å². The number of amides is 2. The predicted molar refractivity (Wildman–Crippen MR) is 119 cm³/mol. The van der Waals surface area contributed by atoms with Crippen LogP contribution in [0.15, 0.2) is 53.7 Å². The number of carbonyl (C=O) groups excluding carboxylic acids is 2. The van der Waals surface area contributed by atoms with Crippen molar-refractivity contribution in [1.82, 2.24) is 14.8 Å². The lowest BCUT2D eigenvalue weighted by Crippen LogP contribution is -2.41. The predicted octanol–water partition coefficient (Wildman–Crippen LogP) is 3.34. The zero-order valence-corrected chi connectivity index (χ0v) is 18.3. The molecular formula is C22H23N5O3S. The van der Waals surface area contributed by atoms with Gasteiger partial charge in [0.15, 0.2) is 17.6 Å². The molecule has 0 bridgehead atoms. The summed E-state index contributed by atoms with van der Waals surface area (Å²) in [7, 11) is 1.84. The standard InChI is InChI=1S/C22H23N5O3S/c1-14-8-4-5-9-16(14)23-19(28)13-31-22-25-24-21(26(22)3)15(2)27-17-10-6-7-11-18(17)30-12-20(27)29/h4-11,15H,12-13H2,1-3H3,(H,23,28)/t15-/m0/s1. The van der Waals surface area contributed by atoms with E-state index in [0.717, 1.165) is 11.3 Å². The number of ether oxygens (including phenoxy) is 1. The highest BCUT2D eigenvalue weighted by Crippen LogP contribution is 2.37. The van der Waals surface area contributed by atoms with Crippen molar-refractivity contribution in [2.24, 2.45) is 7.05 Å². The van der Waals surface area contributed by atoms with Crippen LogP contribution in [0.4, 0.5) is 11.4 Å². The summed E-state index contributed by atoms with van der Waals surface area (Å²) in [5, 5.41) is 12.1. The van der Waals surface area contributed by atoms with E-state index in [0.29, 0.717) is 22.4 Å². The third-order valence-corrected chi connectivity index (χ3v) is 6.15. The van der Waals surface area contributed by atoms with Gasteiger partial charge in [0.25, 0.3) is 5.91 Å². The van der Waals surface area contributed by atoms with Gasteiger partial charge < -0.3 is 14.6 Å². The Bertz CT molecular complexity index is 1130. The molecule has 2 aromatic carbocycles. The molecule has 0 fully saturated rings. The first-order chi connectivity index (χ1) is 15.0. The quantitative estimate of drug-likeness (QED) is 0.595. The Morgan fingerprint density at radius 3 is 2.74 bits per heavy atom. The number of para-hydroxylation sites is 3. The Morgan fingerprint density at radius 1 is 1.19 bits per heavy atom. The second-order valence-electron chi connectivity index (χ2n) is 7.25. The molecule has 0 unspecified atom stereocenters. The zero-order valence-electron chi connectivity index (χ0n) is 17.5. The van der Waals surface area contributed by atoms with E-state index in [2.05, 4.69) is 15.5 Å². The molecular weight excluding hydrogens is 414 g/mol. The third kappa shape index (κ3) is 4.27. The lowest BCUT2D eigenvalue weighted by atomic mass is 10.1. The van der Waals surface area contributed by atoms with Crippen LogP contribution < -0.4 is 15.0 Å². The summed E-state index contributed by atoms with van der Waals surface area (Å²) >= 11 is 1.30.